The Hall–Kier alpha value is -1.47. The van der Waals surface area contributed by atoms with E-state index in [4.69, 9.17) is 19.3 Å². The summed E-state index contributed by atoms with van der Waals surface area (Å²) >= 11 is 0. The van der Waals surface area contributed by atoms with E-state index in [1.54, 1.807) is 0 Å². The quantitative estimate of drug-likeness (QED) is 0.0279. The van der Waals surface area contributed by atoms with Crippen LogP contribution >= 0.6 is 7.82 Å². The lowest BCUT2D eigenvalue weighted by Crippen LogP contribution is -2.29. The third-order valence-electron chi connectivity index (χ3n) is 8.97. The van der Waals surface area contributed by atoms with Gasteiger partial charge in [0.15, 0.2) is 6.10 Å². The molecule has 9 heteroatoms. The lowest BCUT2D eigenvalue weighted by Gasteiger charge is -2.18. The fourth-order valence-electron chi connectivity index (χ4n) is 5.86. The van der Waals surface area contributed by atoms with Crippen molar-refractivity contribution in [3.8, 4) is 0 Å². The highest BCUT2D eigenvalue weighted by Gasteiger charge is 2.22. The SMILES string of the molecule is CCCC/C=C\C/C=C\CCCCCCCC(=O)O[C@H](COC(=O)CCCCCCCCCCCCCCCCCCCC)COP(=O)(O)O. The number of allylic oxidation sites excluding steroid dienone is 4. The Morgan fingerprint density at radius 2 is 0.920 bits per heavy atom. The minimum atomic E-state index is -4.75. The molecule has 0 bridgehead atoms. The fraction of sp³-hybridized carbons (Fsp3) is 0.854. The van der Waals surface area contributed by atoms with Crippen molar-refractivity contribution >= 4 is 19.8 Å². The van der Waals surface area contributed by atoms with Crippen molar-refractivity contribution in [2.75, 3.05) is 13.2 Å². The number of phosphoric ester groups is 1. The summed E-state index contributed by atoms with van der Waals surface area (Å²) in [6.07, 6.45) is 41.8. The standard InChI is InChI=1S/C41H77O8P/c1-3-5-7-9-11-13-15-17-19-20-21-22-24-25-27-29-31-33-35-40(42)47-37-39(38-48-50(44,45)46)49-41(43)36-34-32-30-28-26-23-18-16-14-12-10-8-6-4-2/h10,12,16,18,39H,3-9,11,13-15,17,19-38H2,1-2H3,(H2,44,45,46)/b12-10-,18-16-/t39-/m1/s1. The van der Waals surface area contributed by atoms with E-state index in [2.05, 4.69) is 42.7 Å². The molecule has 0 unspecified atom stereocenters. The Balaban J connectivity index is 3.90. The van der Waals surface area contributed by atoms with Crippen LogP contribution in [0.1, 0.15) is 206 Å². The number of unbranched alkanes of at least 4 members (excludes halogenated alkanes) is 24. The second-order valence-corrected chi connectivity index (χ2v) is 15.2. The zero-order valence-corrected chi connectivity index (χ0v) is 33.2. The number of carbonyl (C=O) groups is 2. The van der Waals surface area contributed by atoms with Gasteiger partial charge >= 0.3 is 19.8 Å². The lowest BCUT2D eigenvalue weighted by atomic mass is 10.0. The summed E-state index contributed by atoms with van der Waals surface area (Å²) in [4.78, 5) is 42.8. The van der Waals surface area contributed by atoms with Gasteiger partial charge in [-0.3, -0.25) is 14.1 Å². The number of hydrogen-bond acceptors (Lipinski definition) is 6. The van der Waals surface area contributed by atoms with Gasteiger partial charge in [-0.25, -0.2) is 4.57 Å². The number of hydrogen-bond donors (Lipinski definition) is 2. The van der Waals surface area contributed by atoms with Crippen molar-refractivity contribution in [2.24, 2.45) is 0 Å². The smallest absolute Gasteiger partial charge is 0.462 e. The second kappa shape index (κ2) is 37.3. The summed E-state index contributed by atoms with van der Waals surface area (Å²) in [5.74, 6) is -0.893. The summed E-state index contributed by atoms with van der Waals surface area (Å²) in [5.41, 5.74) is 0. The molecule has 8 nitrogen and oxygen atoms in total. The third-order valence-corrected chi connectivity index (χ3v) is 9.46. The maximum atomic E-state index is 12.4. The van der Waals surface area contributed by atoms with Crippen molar-refractivity contribution in [2.45, 2.75) is 213 Å². The predicted octanol–water partition coefficient (Wildman–Crippen LogP) is 12.4. The third kappa shape index (κ3) is 39.3. The average Bonchev–Trinajstić information content (AvgIpc) is 3.08. The summed E-state index contributed by atoms with van der Waals surface area (Å²) < 4.78 is 26.4. The molecule has 50 heavy (non-hydrogen) atoms. The van der Waals surface area contributed by atoms with Crippen molar-refractivity contribution in [3.63, 3.8) is 0 Å². The van der Waals surface area contributed by atoms with Crippen LogP contribution in [0.5, 0.6) is 0 Å². The molecule has 0 aliphatic heterocycles. The molecule has 0 aliphatic rings. The molecule has 0 aliphatic carbocycles. The first-order chi connectivity index (χ1) is 24.3. The molecule has 0 fully saturated rings. The van der Waals surface area contributed by atoms with E-state index in [0.29, 0.717) is 6.42 Å². The fourth-order valence-corrected chi connectivity index (χ4v) is 6.22. The zero-order valence-electron chi connectivity index (χ0n) is 32.3. The van der Waals surface area contributed by atoms with Crippen LogP contribution in [-0.2, 0) is 28.2 Å². The summed E-state index contributed by atoms with van der Waals surface area (Å²) in [6, 6.07) is 0. The first kappa shape index (κ1) is 48.5. The molecule has 0 aromatic carbocycles. The van der Waals surface area contributed by atoms with E-state index in [1.807, 2.05) is 0 Å². The highest BCUT2D eigenvalue weighted by molar-refractivity contribution is 7.46. The van der Waals surface area contributed by atoms with E-state index >= 15 is 0 Å². The molecule has 0 saturated heterocycles. The van der Waals surface area contributed by atoms with Gasteiger partial charge in [-0.1, -0.05) is 179 Å². The van der Waals surface area contributed by atoms with Crippen LogP contribution in [0.15, 0.2) is 24.3 Å². The van der Waals surface area contributed by atoms with Crippen molar-refractivity contribution in [1.82, 2.24) is 0 Å². The van der Waals surface area contributed by atoms with Gasteiger partial charge < -0.3 is 19.3 Å². The molecule has 1 atom stereocenters. The molecule has 0 amide bonds. The molecule has 0 aromatic heterocycles. The molecule has 0 rings (SSSR count). The second-order valence-electron chi connectivity index (χ2n) is 14.0. The number of esters is 2. The maximum absolute atomic E-state index is 12.4. The Bertz CT molecular complexity index is 869. The Morgan fingerprint density at radius 3 is 1.38 bits per heavy atom. The highest BCUT2D eigenvalue weighted by Crippen LogP contribution is 2.36. The predicted molar refractivity (Wildman–Crippen MR) is 207 cm³/mol. The van der Waals surface area contributed by atoms with Crippen molar-refractivity contribution in [3.05, 3.63) is 24.3 Å². The van der Waals surface area contributed by atoms with Crippen LogP contribution in [0.2, 0.25) is 0 Å². The zero-order chi connectivity index (χ0) is 36.8. The largest absolute Gasteiger partial charge is 0.469 e. The summed E-state index contributed by atoms with van der Waals surface area (Å²) in [6.45, 7) is 3.65. The summed E-state index contributed by atoms with van der Waals surface area (Å²) in [5, 5.41) is 0. The number of carbonyl (C=O) groups excluding carboxylic acids is 2. The topological polar surface area (TPSA) is 119 Å². The molecule has 294 valence electrons. The molecule has 2 N–H and O–H groups in total. The molecular formula is C41H77O8P. The van der Waals surface area contributed by atoms with E-state index in [0.717, 1.165) is 64.2 Å². The van der Waals surface area contributed by atoms with Gasteiger partial charge in [0, 0.05) is 12.8 Å². The molecule has 0 aromatic rings. The van der Waals surface area contributed by atoms with Crippen molar-refractivity contribution in [1.29, 1.82) is 0 Å². The van der Waals surface area contributed by atoms with E-state index in [1.165, 1.54) is 109 Å². The van der Waals surface area contributed by atoms with Crippen LogP contribution in [0, 0.1) is 0 Å². The maximum Gasteiger partial charge on any atom is 0.469 e. The highest BCUT2D eigenvalue weighted by atomic mass is 31.2. The van der Waals surface area contributed by atoms with Crippen LogP contribution < -0.4 is 0 Å². The molecule has 0 radical (unpaired) electrons. The summed E-state index contributed by atoms with van der Waals surface area (Å²) in [7, 11) is -4.75. The van der Waals surface area contributed by atoms with E-state index < -0.39 is 32.5 Å². The average molecular weight is 729 g/mol. The van der Waals surface area contributed by atoms with E-state index in [-0.39, 0.29) is 19.4 Å². The Labute approximate surface area is 307 Å². The van der Waals surface area contributed by atoms with Crippen LogP contribution in [0.4, 0.5) is 0 Å². The van der Waals surface area contributed by atoms with E-state index in [9.17, 15) is 14.2 Å². The van der Waals surface area contributed by atoms with Gasteiger partial charge in [0.05, 0.1) is 6.61 Å². The van der Waals surface area contributed by atoms with Gasteiger partial charge in [-0.05, 0) is 38.5 Å². The number of rotatable bonds is 38. The Morgan fingerprint density at radius 1 is 0.520 bits per heavy atom. The minimum absolute atomic E-state index is 0.198. The monoisotopic (exact) mass is 729 g/mol. The van der Waals surface area contributed by atoms with Gasteiger partial charge in [0.1, 0.15) is 6.61 Å². The van der Waals surface area contributed by atoms with Crippen LogP contribution in [0.3, 0.4) is 0 Å². The molecule has 0 spiro atoms. The molecule has 0 heterocycles. The van der Waals surface area contributed by atoms with Gasteiger partial charge in [-0.15, -0.1) is 0 Å². The molecule has 0 saturated carbocycles. The number of ether oxygens (including phenoxy) is 2. The number of phosphoric acid groups is 1. The Kier molecular flexibility index (Phi) is 36.2. The van der Waals surface area contributed by atoms with Crippen LogP contribution in [0.25, 0.3) is 0 Å². The van der Waals surface area contributed by atoms with Gasteiger partial charge in [-0.2, -0.15) is 0 Å². The van der Waals surface area contributed by atoms with Gasteiger partial charge in [0.25, 0.3) is 0 Å². The molecular weight excluding hydrogens is 651 g/mol. The first-order valence-electron chi connectivity index (χ1n) is 20.6. The normalized spacial score (nSPS) is 12.6. The van der Waals surface area contributed by atoms with Crippen molar-refractivity contribution < 1.29 is 37.9 Å². The minimum Gasteiger partial charge on any atom is -0.462 e. The van der Waals surface area contributed by atoms with Crippen LogP contribution in [-0.4, -0.2) is 41.0 Å². The first-order valence-corrected chi connectivity index (χ1v) is 22.2. The van der Waals surface area contributed by atoms with Gasteiger partial charge in [0.2, 0.25) is 0 Å². The lowest BCUT2D eigenvalue weighted by molar-refractivity contribution is -0.161.